The SMILES string of the molecule is CCCCCCCCCCCCCCCCCCCCCC/C=C/CC/C=C/CCCC(O)C(O)C(CO)NC(=O)C(O)CCCCCCCCCCCCCCCCCC. The molecule has 5 N–H and O–H groups in total. The maximum Gasteiger partial charge on any atom is 0.249 e. The van der Waals surface area contributed by atoms with E-state index in [4.69, 9.17) is 0 Å². The minimum absolute atomic E-state index is 0.364. The van der Waals surface area contributed by atoms with Gasteiger partial charge < -0.3 is 25.7 Å². The van der Waals surface area contributed by atoms with E-state index >= 15 is 0 Å². The lowest BCUT2D eigenvalue weighted by atomic mass is 10.00. The largest absolute Gasteiger partial charge is 0.394 e. The molecular formula is C55H107NO5. The van der Waals surface area contributed by atoms with Gasteiger partial charge in [-0.25, -0.2) is 0 Å². The Kier molecular flexibility index (Phi) is 48.8. The third kappa shape index (κ3) is 43.8. The molecule has 4 atom stereocenters. The molecule has 0 aromatic rings. The summed E-state index contributed by atoms with van der Waals surface area (Å²) in [6, 6.07) is -1.01. The highest BCUT2D eigenvalue weighted by molar-refractivity contribution is 5.80. The van der Waals surface area contributed by atoms with E-state index in [0.29, 0.717) is 19.3 Å². The third-order valence-corrected chi connectivity index (χ3v) is 12.9. The van der Waals surface area contributed by atoms with Crippen molar-refractivity contribution in [1.82, 2.24) is 5.32 Å². The van der Waals surface area contributed by atoms with Crippen LogP contribution in [0.5, 0.6) is 0 Å². The number of hydrogen-bond donors (Lipinski definition) is 5. The van der Waals surface area contributed by atoms with Crippen LogP contribution in [-0.2, 0) is 4.79 Å². The molecule has 0 bridgehead atoms. The molecule has 0 aliphatic rings. The molecule has 1 amide bonds. The third-order valence-electron chi connectivity index (χ3n) is 12.9. The van der Waals surface area contributed by atoms with E-state index in [1.165, 1.54) is 218 Å². The Bertz CT molecular complexity index is 924. The van der Waals surface area contributed by atoms with Crippen LogP contribution in [0.3, 0.4) is 0 Å². The smallest absolute Gasteiger partial charge is 0.249 e. The minimum atomic E-state index is -1.29. The number of allylic oxidation sites excluding steroid dienone is 4. The fraction of sp³-hybridized carbons (Fsp3) is 0.909. The molecule has 6 heteroatoms. The maximum absolute atomic E-state index is 12.5. The zero-order valence-electron chi connectivity index (χ0n) is 40.9. The summed E-state index contributed by atoms with van der Waals surface area (Å²) in [7, 11) is 0. The van der Waals surface area contributed by atoms with E-state index < -0.39 is 36.9 Å². The zero-order valence-corrected chi connectivity index (χ0v) is 40.9. The average Bonchev–Trinajstić information content (AvgIpc) is 3.26. The van der Waals surface area contributed by atoms with Gasteiger partial charge in [-0.3, -0.25) is 4.79 Å². The van der Waals surface area contributed by atoms with E-state index in [0.717, 1.165) is 38.5 Å². The maximum atomic E-state index is 12.5. The summed E-state index contributed by atoms with van der Waals surface area (Å²) >= 11 is 0. The van der Waals surface area contributed by atoms with E-state index in [1.54, 1.807) is 0 Å². The summed E-state index contributed by atoms with van der Waals surface area (Å²) in [4.78, 5) is 12.5. The Morgan fingerprint density at radius 2 is 0.689 bits per heavy atom. The van der Waals surface area contributed by atoms with Crippen LogP contribution in [-0.4, -0.2) is 57.3 Å². The number of unbranched alkanes of at least 4 members (excludes halogenated alkanes) is 37. The van der Waals surface area contributed by atoms with Crippen molar-refractivity contribution in [3.63, 3.8) is 0 Å². The fourth-order valence-corrected chi connectivity index (χ4v) is 8.60. The van der Waals surface area contributed by atoms with Crippen molar-refractivity contribution in [3.8, 4) is 0 Å². The standard InChI is InChI=1S/C55H107NO5/c1-3-5-7-9-11-13-15-17-19-21-22-23-24-25-26-27-28-29-30-31-32-33-35-36-38-40-42-44-46-48-52(58)54(60)51(50-57)56-55(61)53(59)49-47-45-43-41-39-37-34-20-18-16-14-12-10-8-6-4-2/h33,35,40,42,51-54,57-60H,3-32,34,36-39,41,43-50H2,1-2H3,(H,56,61)/b35-33+,42-40+. The Balaban J connectivity index is 3.66. The van der Waals surface area contributed by atoms with Crippen molar-refractivity contribution in [2.24, 2.45) is 0 Å². The number of aliphatic hydroxyl groups excluding tert-OH is 4. The molecule has 0 aliphatic heterocycles. The van der Waals surface area contributed by atoms with Gasteiger partial charge in [-0.15, -0.1) is 0 Å². The van der Waals surface area contributed by atoms with E-state index in [1.807, 2.05) is 0 Å². The molecule has 0 saturated carbocycles. The van der Waals surface area contributed by atoms with Crippen molar-refractivity contribution >= 4 is 5.91 Å². The molecule has 6 nitrogen and oxygen atoms in total. The predicted octanol–water partition coefficient (Wildman–Crippen LogP) is 15.5. The zero-order chi connectivity index (χ0) is 44.5. The first kappa shape index (κ1) is 59.8. The second kappa shape index (κ2) is 49.8. The molecule has 0 aromatic carbocycles. The molecule has 0 saturated heterocycles. The van der Waals surface area contributed by atoms with Gasteiger partial charge in [0.2, 0.25) is 5.91 Å². The molecule has 0 fully saturated rings. The van der Waals surface area contributed by atoms with Crippen molar-refractivity contribution < 1.29 is 25.2 Å². The van der Waals surface area contributed by atoms with Gasteiger partial charge >= 0.3 is 0 Å². The molecule has 4 unspecified atom stereocenters. The summed E-state index contributed by atoms with van der Waals surface area (Å²) in [6.45, 7) is 4.07. The van der Waals surface area contributed by atoms with Gasteiger partial charge in [0.25, 0.3) is 0 Å². The topological polar surface area (TPSA) is 110 Å². The van der Waals surface area contributed by atoms with Crippen LogP contribution in [0.15, 0.2) is 24.3 Å². The number of carbonyl (C=O) groups excluding carboxylic acids is 1. The highest BCUT2D eigenvalue weighted by Gasteiger charge is 2.28. The lowest BCUT2D eigenvalue weighted by Gasteiger charge is -2.27. The van der Waals surface area contributed by atoms with E-state index in [-0.39, 0.29) is 0 Å². The number of hydrogen-bond acceptors (Lipinski definition) is 5. The van der Waals surface area contributed by atoms with Crippen molar-refractivity contribution in [3.05, 3.63) is 24.3 Å². The second-order valence-corrected chi connectivity index (χ2v) is 18.9. The number of carbonyl (C=O) groups is 1. The number of nitrogens with one attached hydrogen (secondary N) is 1. The molecule has 0 heterocycles. The molecule has 0 aromatic heterocycles. The van der Waals surface area contributed by atoms with Gasteiger partial charge in [-0.05, 0) is 51.4 Å². The first-order valence-electron chi connectivity index (χ1n) is 27.2. The number of aliphatic hydroxyl groups is 4. The van der Waals surface area contributed by atoms with Gasteiger partial charge in [0.1, 0.15) is 12.2 Å². The number of rotatable bonds is 50. The van der Waals surface area contributed by atoms with Crippen LogP contribution >= 0.6 is 0 Å². The van der Waals surface area contributed by atoms with Gasteiger partial charge in [0.05, 0.1) is 18.8 Å². The normalized spacial score (nSPS) is 14.0. The van der Waals surface area contributed by atoms with Gasteiger partial charge in [0.15, 0.2) is 0 Å². The Hall–Kier alpha value is -1.21. The summed E-state index contributed by atoms with van der Waals surface area (Å²) in [6.07, 6.45) is 59.6. The quantitative estimate of drug-likeness (QED) is 0.0309. The Morgan fingerprint density at radius 3 is 1.03 bits per heavy atom. The Morgan fingerprint density at radius 1 is 0.393 bits per heavy atom. The van der Waals surface area contributed by atoms with Crippen LogP contribution in [0.25, 0.3) is 0 Å². The van der Waals surface area contributed by atoms with Crippen LogP contribution in [0.2, 0.25) is 0 Å². The molecule has 0 radical (unpaired) electrons. The van der Waals surface area contributed by atoms with Crippen LogP contribution in [0.4, 0.5) is 0 Å². The van der Waals surface area contributed by atoms with Crippen LogP contribution in [0, 0.1) is 0 Å². The minimum Gasteiger partial charge on any atom is -0.394 e. The van der Waals surface area contributed by atoms with Gasteiger partial charge in [-0.2, -0.15) is 0 Å². The highest BCUT2D eigenvalue weighted by atomic mass is 16.3. The Labute approximate surface area is 380 Å². The molecule has 0 aliphatic carbocycles. The summed E-state index contributed by atoms with van der Waals surface area (Å²) < 4.78 is 0. The van der Waals surface area contributed by atoms with Crippen molar-refractivity contribution in [2.75, 3.05) is 6.61 Å². The molecule has 362 valence electrons. The van der Waals surface area contributed by atoms with Gasteiger partial charge in [0, 0.05) is 0 Å². The molecular weight excluding hydrogens is 755 g/mol. The monoisotopic (exact) mass is 862 g/mol. The molecule has 61 heavy (non-hydrogen) atoms. The van der Waals surface area contributed by atoms with Crippen LogP contribution in [0.1, 0.15) is 290 Å². The fourth-order valence-electron chi connectivity index (χ4n) is 8.60. The first-order valence-corrected chi connectivity index (χ1v) is 27.2. The van der Waals surface area contributed by atoms with Crippen molar-refractivity contribution in [2.45, 2.75) is 314 Å². The lowest BCUT2D eigenvalue weighted by molar-refractivity contribution is -0.132. The average molecular weight is 862 g/mol. The molecule has 0 rings (SSSR count). The summed E-state index contributed by atoms with van der Waals surface area (Å²) in [5, 5.41) is 43.9. The van der Waals surface area contributed by atoms with Crippen molar-refractivity contribution in [1.29, 1.82) is 0 Å². The second-order valence-electron chi connectivity index (χ2n) is 18.9. The lowest BCUT2D eigenvalue weighted by Crippen LogP contribution is -2.53. The summed E-state index contributed by atoms with van der Waals surface area (Å²) in [5.74, 6) is -0.594. The van der Waals surface area contributed by atoms with E-state index in [2.05, 4.69) is 43.5 Å². The number of amides is 1. The highest BCUT2D eigenvalue weighted by Crippen LogP contribution is 2.17. The van der Waals surface area contributed by atoms with Crippen LogP contribution < -0.4 is 5.32 Å². The predicted molar refractivity (Wildman–Crippen MR) is 265 cm³/mol. The van der Waals surface area contributed by atoms with E-state index in [9.17, 15) is 25.2 Å². The first-order chi connectivity index (χ1) is 30.0. The summed E-state index contributed by atoms with van der Waals surface area (Å²) in [5.41, 5.74) is 0. The van der Waals surface area contributed by atoms with Gasteiger partial charge in [-0.1, -0.05) is 263 Å². The molecule has 0 spiro atoms.